The van der Waals surface area contributed by atoms with Gasteiger partial charge in [-0.25, -0.2) is 9.69 Å². The number of urea groups is 1. The highest BCUT2D eigenvalue weighted by Gasteiger charge is 2.36. The Morgan fingerprint density at radius 1 is 0.829 bits per heavy atom. The summed E-state index contributed by atoms with van der Waals surface area (Å²) in [5.41, 5.74) is 3.36. The van der Waals surface area contributed by atoms with Crippen LogP contribution in [0.3, 0.4) is 0 Å². The maximum absolute atomic E-state index is 13.1. The molecule has 1 saturated heterocycles. The molecule has 0 bridgehead atoms. The van der Waals surface area contributed by atoms with Crippen molar-refractivity contribution in [3.63, 3.8) is 0 Å². The topological polar surface area (TPSA) is 110 Å². The quantitative estimate of drug-likeness (QED) is 0.328. The first-order valence-electron chi connectivity index (χ1n) is 10.6. The minimum atomic E-state index is -4.02. The Balaban J connectivity index is 1.58. The minimum Gasteiger partial charge on any atom is -0.379 e. The summed E-state index contributed by atoms with van der Waals surface area (Å²) in [5, 5.41) is 2.18. The molecule has 0 saturated carbocycles. The van der Waals surface area contributed by atoms with Gasteiger partial charge in [-0.1, -0.05) is 35.9 Å². The SMILES string of the molecule is Cc1ccc(S(=O)(=O)Oc2ccc(/C=C3\C(=O)NC(=O)N(c4ccc(C)c(C)c4)C3=O)cc2)cc1. The van der Waals surface area contributed by atoms with Gasteiger partial charge >= 0.3 is 16.1 Å². The second kappa shape index (κ2) is 9.19. The molecule has 0 spiro atoms. The number of hydrogen-bond acceptors (Lipinski definition) is 6. The molecule has 0 aliphatic carbocycles. The third-order valence-corrected chi connectivity index (χ3v) is 6.82. The number of benzene rings is 3. The molecule has 8 nitrogen and oxygen atoms in total. The van der Waals surface area contributed by atoms with Gasteiger partial charge in [-0.3, -0.25) is 14.9 Å². The van der Waals surface area contributed by atoms with E-state index in [0.717, 1.165) is 21.6 Å². The minimum absolute atomic E-state index is 0.0230. The zero-order valence-corrected chi connectivity index (χ0v) is 20.0. The molecule has 4 amide bonds. The van der Waals surface area contributed by atoms with Crippen molar-refractivity contribution in [2.75, 3.05) is 4.90 Å². The predicted octanol–water partition coefficient (Wildman–Crippen LogP) is 4.05. The number of nitrogens with one attached hydrogen (secondary N) is 1. The Bertz CT molecular complexity index is 1470. The maximum Gasteiger partial charge on any atom is 0.339 e. The molecule has 35 heavy (non-hydrogen) atoms. The van der Waals surface area contributed by atoms with Gasteiger partial charge in [0.1, 0.15) is 16.2 Å². The molecule has 9 heteroatoms. The van der Waals surface area contributed by atoms with Crippen LogP contribution >= 0.6 is 0 Å². The molecule has 1 N–H and O–H groups in total. The van der Waals surface area contributed by atoms with Gasteiger partial charge in [0.25, 0.3) is 11.8 Å². The summed E-state index contributed by atoms with van der Waals surface area (Å²) in [5.74, 6) is -1.51. The van der Waals surface area contributed by atoms with Gasteiger partial charge in [-0.2, -0.15) is 8.42 Å². The first kappa shape index (κ1) is 23.9. The highest BCUT2D eigenvalue weighted by atomic mass is 32.2. The maximum atomic E-state index is 13.1. The number of hydrogen-bond donors (Lipinski definition) is 1. The Hall–Kier alpha value is -4.24. The number of nitrogens with zero attached hydrogens (tertiary/aromatic N) is 1. The second-order valence-electron chi connectivity index (χ2n) is 8.15. The summed E-state index contributed by atoms with van der Waals surface area (Å²) in [6.07, 6.45) is 1.33. The number of imide groups is 2. The standard InChI is InChI=1S/C26H22N2O6S/c1-16-4-12-22(13-5-16)35(32,33)34-21-10-7-19(8-11-21)15-23-24(29)27-26(31)28(25(23)30)20-9-6-17(2)18(3)14-20/h4-15H,1-3H3,(H,27,29,31)/b23-15+. The van der Waals surface area contributed by atoms with Crippen molar-refractivity contribution in [2.24, 2.45) is 0 Å². The lowest BCUT2D eigenvalue weighted by molar-refractivity contribution is -0.122. The molecule has 1 fully saturated rings. The Labute approximate surface area is 203 Å². The molecule has 1 heterocycles. The normalized spacial score (nSPS) is 15.3. The van der Waals surface area contributed by atoms with E-state index in [9.17, 15) is 22.8 Å². The molecule has 0 aromatic heterocycles. The van der Waals surface area contributed by atoms with E-state index < -0.39 is 28.0 Å². The van der Waals surface area contributed by atoms with Crippen molar-refractivity contribution in [3.8, 4) is 5.75 Å². The molecular formula is C26H22N2O6S. The average molecular weight is 491 g/mol. The van der Waals surface area contributed by atoms with Crippen LogP contribution in [0.25, 0.3) is 6.08 Å². The molecule has 1 aliphatic heterocycles. The molecule has 0 unspecified atom stereocenters. The van der Waals surface area contributed by atoms with Crippen LogP contribution in [0.15, 0.2) is 77.2 Å². The summed E-state index contributed by atoms with van der Waals surface area (Å²) in [7, 11) is -4.02. The van der Waals surface area contributed by atoms with E-state index in [1.807, 2.05) is 20.8 Å². The van der Waals surface area contributed by atoms with Crippen LogP contribution in [0.1, 0.15) is 22.3 Å². The van der Waals surface area contributed by atoms with Crippen molar-refractivity contribution in [1.29, 1.82) is 0 Å². The first-order chi connectivity index (χ1) is 16.5. The van der Waals surface area contributed by atoms with Crippen molar-refractivity contribution in [2.45, 2.75) is 25.7 Å². The van der Waals surface area contributed by atoms with E-state index in [2.05, 4.69) is 5.32 Å². The van der Waals surface area contributed by atoms with Crippen LogP contribution < -0.4 is 14.4 Å². The molecular weight excluding hydrogens is 468 g/mol. The van der Waals surface area contributed by atoms with Crippen LogP contribution in [0.4, 0.5) is 10.5 Å². The van der Waals surface area contributed by atoms with Gasteiger partial charge in [0.2, 0.25) is 0 Å². The molecule has 0 atom stereocenters. The van der Waals surface area contributed by atoms with Crippen LogP contribution in [0.2, 0.25) is 0 Å². The van der Waals surface area contributed by atoms with Gasteiger partial charge in [0.05, 0.1) is 5.69 Å². The highest BCUT2D eigenvalue weighted by molar-refractivity contribution is 7.87. The number of carbonyl (C=O) groups is 3. The van der Waals surface area contributed by atoms with Crippen LogP contribution in [-0.2, 0) is 19.7 Å². The largest absolute Gasteiger partial charge is 0.379 e. The van der Waals surface area contributed by atoms with Crippen LogP contribution in [0, 0.1) is 20.8 Å². The van der Waals surface area contributed by atoms with Gasteiger partial charge < -0.3 is 4.18 Å². The average Bonchev–Trinajstić information content (AvgIpc) is 2.80. The fourth-order valence-corrected chi connectivity index (χ4v) is 4.35. The molecule has 178 valence electrons. The number of barbiturate groups is 1. The summed E-state index contributed by atoms with van der Waals surface area (Å²) in [6, 6.07) is 16.4. The van der Waals surface area contributed by atoms with E-state index in [4.69, 9.17) is 4.18 Å². The third kappa shape index (κ3) is 4.99. The lowest BCUT2D eigenvalue weighted by atomic mass is 10.1. The first-order valence-corrected chi connectivity index (χ1v) is 12.1. The highest BCUT2D eigenvalue weighted by Crippen LogP contribution is 2.25. The van der Waals surface area contributed by atoms with Gasteiger partial charge in [0.15, 0.2) is 0 Å². The zero-order valence-electron chi connectivity index (χ0n) is 19.2. The molecule has 0 radical (unpaired) electrons. The lowest BCUT2D eigenvalue weighted by Crippen LogP contribution is -2.54. The van der Waals surface area contributed by atoms with Gasteiger partial charge in [0, 0.05) is 0 Å². The van der Waals surface area contributed by atoms with E-state index in [0.29, 0.717) is 11.3 Å². The van der Waals surface area contributed by atoms with E-state index in [1.165, 1.54) is 42.5 Å². The number of amides is 4. The van der Waals surface area contributed by atoms with Gasteiger partial charge in [-0.05, 0) is 79.9 Å². The monoisotopic (exact) mass is 490 g/mol. The molecule has 3 aromatic carbocycles. The second-order valence-corrected chi connectivity index (χ2v) is 9.69. The number of aryl methyl sites for hydroxylation is 3. The smallest absolute Gasteiger partial charge is 0.339 e. The fraction of sp³-hybridized carbons (Fsp3) is 0.115. The Morgan fingerprint density at radius 3 is 2.11 bits per heavy atom. The van der Waals surface area contributed by atoms with Crippen molar-refractivity contribution >= 4 is 39.7 Å². The zero-order chi connectivity index (χ0) is 25.3. The number of anilines is 1. The number of rotatable bonds is 5. The van der Waals surface area contributed by atoms with Gasteiger partial charge in [-0.15, -0.1) is 0 Å². The Morgan fingerprint density at radius 2 is 1.49 bits per heavy atom. The predicted molar refractivity (Wildman–Crippen MR) is 130 cm³/mol. The summed E-state index contributed by atoms with van der Waals surface area (Å²) in [6.45, 7) is 5.61. The van der Waals surface area contributed by atoms with E-state index >= 15 is 0 Å². The van der Waals surface area contributed by atoms with Crippen LogP contribution in [-0.4, -0.2) is 26.3 Å². The summed E-state index contributed by atoms with van der Waals surface area (Å²) in [4.78, 5) is 38.8. The lowest BCUT2D eigenvalue weighted by Gasteiger charge is -2.26. The van der Waals surface area contributed by atoms with Crippen molar-refractivity contribution in [1.82, 2.24) is 5.32 Å². The van der Waals surface area contributed by atoms with E-state index in [-0.39, 0.29) is 16.2 Å². The van der Waals surface area contributed by atoms with E-state index in [1.54, 1.807) is 30.3 Å². The molecule has 4 rings (SSSR count). The Kier molecular flexibility index (Phi) is 6.27. The summed E-state index contributed by atoms with van der Waals surface area (Å²) >= 11 is 0. The molecule has 3 aromatic rings. The summed E-state index contributed by atoms with van der Waals surface area (Å²) < 4.78 is 30.1. The van der Waals surface area contributed by atoms with Crippen molar-refractivity contribution in [3.05, 3.63) is 94.6 Å². The number of carbonyl (C=O) groups excluding carboxylic acids is 3. The fourth-order valence-electron chi connectivity index (χ4n) is 3.42. The third-order valence-electron chi connectivity index (χ3n) is 5.56. The van der Waals surface area contributed by atoms with Crippen LogP contribution in [0.5, 0.6) is 5.75 Å². The molecule has 1 aliphatic rings. The van der Waals surface area contributed by atoms with Crippen molar-refractivity contribution < 1.29 is 27.0 Å².